The van der Waals surface area contributed by atoms with Gasteiger partial charge in [-0.1, -0.05) is 13.8 Å². The van der Waals surface area contributed by atoms with Crippen LogP contribution >= 0.6 is 0 Å². The van der Waals surface area contributed by atoms with Crippen molar-refractivity contribution in [1.29, 1.82) is 0 Å². The molecule has 90 valence electrons. The van der Waals surface area contributed by atoms with Crippen LogP contribution in [-0.4, -0.2) is 61.3 Å². The van der Waals surface area contributed by atoms with Gasteiger partial charge in [-0.15, -0.1) is 0 Å². The first-order chi connectivity index (χ1) is 7.10. The van der Waals surface area contributed by atoms with E-state index < -0.39 is 0 Å². The average molecular weight is 214 g/mol. The van der Waals surface area contributed by atoms with Gasteiger partial charge in [0.25, 0.3) is 0 Å². The third-order valence-electron chi connectivity index (χ3n) is 3.40. The third kappa shape index (κ3) is 3.74. The van der Waals surface area contributed by atoms with Crippen LogP contribution in [0.25, 0.3) is 0 Å². The molecule has 1 heterocycles. The summed E-state index contributed by atoms with van der Waals surface area (Å²) >= 11 is 0. The first-order valence-corrected chi connectivity index (χ1v) is 6.15. The van der Waals surface area contributed by atoms with Crippen LogP contribution in [0.5, 0.6) is 0 Å². The Morgan fingerprint density at radius 2 is 1.93 bits per heavy atom. The fourth-order valence-electron chi connectivity index (χ4n) is 2.11. The first-order valence-electron chi connectivity index (χ1n) is 6.15. The minimum absolute atomic E-state index is 0.214. The van der Waals surface area contributed by atoms with Crippen LogP contribution in [0.1, 0.15) is 27.7 Å². The van der Waals surface area contributed by atoms with Gasteiger partial charge in [-0.3, -0.25) is 4.90 Å². The van der Waals surface area contributed by atoms with Crippen molar-refractivity contribution in [3.05, 3.63) is 0 Å². The van der Waals surface area contributed by atoms with Crippen molar-refractivity contribution >= 4 is 0 Å². The summed E-state index contributed by atoms with van der Waals surface area (Å²) in [5, 5.41) is 0. The zero-order valence-electron chi connectivity index (χ0n) is 10.8. The van der Waals surface area contributed by atoms with Gasteiger partial charge >= 0.3 is 0 Å². The third-order valence-corrected chi connectivity index (χ3v) is 3.40. The van der Waals surface area contributed by atoms with Crippen molar-refractivity contribution < 1.29 is 4.74 Å². The lowest BCUT2D eigenvalue weighted by Crippen LogP contribution is -2.54. The lowest BCUT2D eigenvalue weighted by molar-refractivity contribution is -0.0533. The van der Waals surface area contributed by atoms with E-state index in [0.717, 1.165) is 39.4 Å². The molecule has 0 aromatic heterocycles. The summed E-state index contributed by atoms with van der Waals surface area (Å²) in [6.07, 6.45) is 0. The molecular weight excluding hydrogens is 188 g/mol. The van der Waals surface area contributed by atoms with Crippen molar-refractivity contribution in [2.45, 2.75) is 33.2 Å². The van der Waals surface area contributed by atoms with Gasteiger partial charge in [0.05, 0.1) is 13.2 Å². The highest BCUT2D eigenvalue weighted by molar-refractivity contribution is 4.84. The van der Waals surface area contributed by atoms with Crippen molar-refractivity contribution in [3.8, 4) is 0 Å². The molecule has 1 aliphatic heterocycles. The fraction of sp³-hybridized carbons (Fsp3) is 1.00. The van der Waals surface area contributed by atoms with E-state index in [2.05, 4.69) is 37.5 Å². The van der Waals surface area contributed by atoms with E-state index in [-0.39, 0.29) is 5.54 Å². The maximum Gasteiger partial charge on any atom is 0.0645 e. The normalized spacial score (nSPS) is 22.2. The Morgan fingerprint density at radius 1 is 1.27 bits per heavy atom. The molecular formula is C12H26N2O. The van der Waals surface area contributed by atoms with Crippen LogP contribution < -0.4 is 0 Å². The Bertz CT molecular complexity index is 178. The van der Waals surface area contributed by atoms with E-state index in [1.165, 1.54) is 6.54 Å². The van der Waals surface area contributed by atoms with Gasteiger partial charge < -0.3 is 9.64 Å². The van der Waals surface area contributed by atoms with Crippen molar-refractivity contribution in [2.24, 2.45) is 0 Å². The summed E-state index contributed by atoms with van der Waals surface area (Å²) in [5.74, 6) is 0. The van der Waals surface area contributed by atoms with Gasteiger partial charge in [-0.05, 0) is 26.9 Å². The summed E-state index contributed by atoms with van der Waals surface area (Å²) in [5.41, 5.74) is 0.214. The van der Waals surface area contributed by atoms with E-state index in [4.69, 9.17) is 4.74 Å². The summed E-state index contributed by atoms with van der Waals surface area (Å²) in [7, 11) is 0. The highest BCUT2D eigenvalue weighted by Gasteiger charge is 2.29. The molecule has 3 heteroatoms. The molecule has 0 radical (unpaired) electrons. The first kappa shape index (κ1) is 12.9. The molecule has 0 bridgehead atoms. The smallest absolute Gasteiger partial charge is 0.0645 e. The molecule has 0 N–H and O–H groups in total. The number of rotatable bonds is 5. The van der Waals surface area contributed by atoms with Crippen molar-refractivity contribution in [1.82, 2.24) is 9.80 Å². The van der Waals surface area contributed by atoms with Gasteiger partial charge in [-0.2, -0.15) is 0 Å². The molecule has 1 saturated heterocycles. The van der Waals surface area contributed by atoms with Crippen LogP contribution in [0.3, 0.4) is 0 Å². The van der Waals surface area contributed by atoms with Crippen LogP contribution in [0.4, 0.5) is 0 Å². The molecule has 0 aromatic carbocycles. The molecule has 3 nitrogen and oxygen atoms in total. The van der Waals surface area contributed by atoms with Gasteiger partial charge in [-0.25, -0.2) is 0 Å². The van der Waals surface area contributed by atoms with Crippen LogP contribution in [0, 0.1) is 0 Å². The molecule has 0 amide bonds. The van der Waals surface area contributed by atoms with Crippen molar-refractivity contribution in [3.63, 3.8) is 0 Å². The monoisotopic (exact) mass is 214 g/mol. The Kier molecular flexibility index (Phi) is 5.03. The lowest BCUT2D eigenvalue weighted by Gasteiger charge is -2.42. The Hall–Kier alpha value is -0.120. The molecule has 1 fully saturated rings. The second-order valence-electron chi connectivity index (χ2n) is 4.88. The van der Waals surface area contributed by atoms with E-state index in [1.807, 2.05) is 0 Å². The zero-order valence-corrected chi connectivity index (χ0v) is 10.8. The summed E-state index contributed by atoms with van der Waals surface area (Å²) in [4.78, 5) is 5.03. The number of morpholine rings is 1. The topological polar surface area (TPSA) is 15.7 Å². The van der Waals surface area contributed by atoms with E-state index in [1.54, 1.807) is 0 Å². The summed E-state index contributed by atoms with van der Waals surface area (Å²) in [6.45, 7) is 16.5. The number of nitrogens with zero attached hydrogens (tertiary/aromatic N) is 2. The molecule has 0 saturated carbocycles. The number of hydrogen-bond donors (Lipinski definition) is 0. The second-order valence-corrected chi connectivity index (χ2v) is 4.88. The van der Waals surface area contributed by atoms with Crippen LogP contribution in [0.15, 0.2) is 0 Å². The highest BCUT2D eigenvalue weighted by Crippen LogP contribution is 2.18. The molecule has 0 aromatic rings. The molecule has 0 spiro atoms. The SMILES string of the molecule is CCN(CC)CCN1CCOCC1(C)C. The minimum Gasteiger partial charge on any atom is -0.378 e. The second kappa shape index (κ2) is 5.83. The molecule has 0 aliphatic carbocycles. The Labute approximate surface area is 94.4 Å². The standard InChI is InChI=1S/C12H26N2O/c1-5-13(6-2)7-8-14-9-10-15-11-12(14,3)4/h5-11H2,1-4H3. The number of likely N-dealkylation sites (N-methyl/N-ethyl adjacent to an activating group) is 1. The lowest BCUT2D eigenvalue weighted by atomic mass is 10.0. The number of hydrogen-bond acceptors (Lipinski definition) is 3. The Balaban J connectivity index is 2.35. The average Bonchev–Trinajstić information content (AvgIpc) is 2.21. The maximum atomic E-state index is 5.52. The zero-order chi connectivity index (χ0) is 11.3. The maximum absolute atomic E-state index is 5.52. The Morgan fingerprint density at radius 3 is 2.47 bits per heavy atom. The van der Waals surface area contributed by atoms with Gasteiger partial charge in [0.2, 0.25) is 0 Å². The largest absolute Gasteiger partial charge is 0.378 e. The van der Waals surface area contributed by atoms with E-state index in [9.17, 15) is 0 Å². The predicted octanol–water partition coefficient (Wildman–Crippen LogP) is 1.44. The van der Waals surface area contributed by atoms with Gasteiger partial charge in [0.15, 0.2) is 0 Å². The molecule has 1 rings (SSSR count). The van der Waals surface area contributed by atoms with Gasteiger partial charge in [0.1, 0.15) is 0 Å². The fourth-order valence-corrected chi connectivity index (χ4v) is 2.11. The molecule has 0 unspecified atom stereocenters. The highest BCUT2D eigenvalue weighted by atomic mass is 16.5. The van der Waals surface area contributed by atoms with Crippen LogP contribution in [-0.2, 0) is 4.74 Å². The molecule has 0 atom stereocenters. The molecule has 1 aliphatic rings. The summed E-state index contributed by atoms with van der Waals surface area (Å²) in [6, 6.07) is 0. The van der Waals surface area contributed by atoms with E-state index in [0.29, 0.717) is 0 Å². The van der Waals surface area contributed by atoms with E-state index >= 15 is 0 Å². The minimum atomic E-state index is 0.214. The predicted molar refractivity (Wildman–Crippen MR) is 64.3 cm³/mol. The summed E-state index contributed by atoms with van der Waals surface area (Å²) < 4.78 is 5.52. The van der Waals surface area contributed by atoms with Crippen molar-refractivity contribution in [2.75, 3.05) is 45.9 Å². The number of ether oxygens (including phenoxy) is 1. The van der Waals surface area contributed by atoms with Crippen LogP contribution in [0.2, 0.25) is 0 Å². The quantitative estimate of drug-likeness (QED) is 0.689. The molecule has 15 heavy (non-hydrogen) atoms. The van der Waals surface area contributed by atoms with Gasteiger partial charge in [0, 0.05) is 25.2 Å².